The van der Waals surface area contributed by atoms with Crippen molar-refractivity contribution in [3.05, 3.63) is 156 Å². The second-order valence-electron chi connectivity index (χ2n) is 12.3. The molecule has 0 amide bonds. The van der Waals surface area contributed by atoms with E-state index in [1.165, 1.54) is 12.1 Å². The summed E-state index contributed by atoms with van der Waals surface area (Å²) in [4.78, 5) is 14.5. The Balaban J connectivity index is 1.47. The summed E-state index contributed by atoms with van der Waals surface area (Å²) < 4.78 is 85.8. The Labute approximate surface area is 298 Å². The van der Waals surface area contributed by atoms with Crippen LogP contribution in [0.15, 0.2) is 140 Å². The van der Waals surface area contributed by atoms with Gasteiger partial charge in [-0.1, -0.05) is 78.9 Å². The van der Waals surface area contributed by atoms with Crippen molar-refractivity contribution in [3.8, 4) is 57.0 Å². The molecule has 0 unspecified atom stereocenters. The minimum absolute atomic E-state index is 0.0127. The van der Waals surface area contributed by atoms with Gasteiger partial charge in [0.15, 0.2) is 17.5 Å². The Kier molecular flexibility index (Phi) is 8.03. The maximum Gasteiger partial charge on any atom is 0.416 e. The first-order chi connectivity index (χ1) is 25.5. The molecular weight excluding hydrogens is 688 g/mol. The second-order valence-corrected chi connectivity index (χ2v) is 12.3. The molecule has 0 fully saturated rings. The first-order valence-corrected chi connectivity index (χ1v) is 16.2. The van der Waals surface area contributed by atoms with Crippen LogP contribution in [0.25, 0.3) is 72.8 Å². The van der Waals surface area contributed by atoms with Crippen LogP contribution in [0.5, 0.6) is 0 Å². The molecule has 6 aromatic carbocycles. The molecule has 11 heteroatoms. The molecule has 0 saturated heterocycles. The van der Waals surface area contributed by atoms with Crippen LogP contribution in [-0.4, -0.2) is 19.5 Å². The van der Waals surface area contributed by atoms with Gasteiger partial charge in [0.25, 0.3) is 0 Å². The number of halogens is 6. The lowest BCUT2D eigenvalue weighted by molar-refractivity contribution is -0.138. The Hall–Kier alpha value is -6.80. The minimum atomic E-state index is -4.74. The van der Waals surface area contributed by atoms with Gasteiger partial charge in [-0.25, -0.2) is 15.0 Å². The van der Waals surface area contributed by atoms with Crippen LogP contribution >= 0.6 is 0 Å². The molecule has 0 aliphatic rings. The van der Waals surface area contributed by atoms with Crippen LogP contribution in [0, 0.1) is 11.3 Å². The fraction of sp³-hybridized carbons (Fsp3) is 0.0476. The Bertz CT molecular complexity index is 2570. The predicted molar refractivity (Wildman–Crippen MR) is 191 cm³/mol. The smallest absolute Gasteiger partial charge is 0.308 e. The molecule has 8 rings (SSSR count). The number of alkyl halides is 6. The summed E-state index contributed by atoms with van der Waals surface area (Å²) in [6, 6.07) is 39.0. The first kappa shape index (κ1) is 33.3. The van der Waals surface area contributed by atoms with Gasteiger partial charge in [0.05, 0.1) is 39.5 Å². The van der Waals surface area contributed by atoms with E-state index in [9.17, 15) is 31.6 Å². The third kappa shape index (κ3) is 6.25. The summed E-state index contributed by atoms with van der Waals surface area (Å²) in [5.41, 5.74) is 2.59. The third-order valence-corrected chi connectivity index (χ3v) is 8.95. The van der Waals surface area contributed by atoms with Crippen molar-refractivity contribution in [3.63, 3.8) is 0 Å². The van der Waals surface area contributed by atoms with E-state index in [1.54, 1.807) is 41.0 Å². The van der Waals surface area contributed by atoms with Crippen LogP contribution in [0.4, 0.5) is 26.3 Å². The number of aromatic nitrogens is 4. The van der Waals surface area contributed by atoms with Gasteiger partial charge < -0.3 is 4.57 Å². The van der Waals surface area contributed by atoms with E-state index in [4.69, 9.17) is 15.0 Å². The summed E-state index contributed by atoms with van der Waals surface area (Å²) in [5, 5.41) is 9.34. The normalized spacial score (nSPS) is 11.9. The zero-order valence-electron chi connectivity index (χ0n) is 27.3. The molecular formula is C42H23F6N5. The van der Waals surface area contributed by atoms with Gasteiger partial charge in [-0.3, -0.25) is 0 Å². The Morgan fingerprint density at radius 3 is 1.42 bits per heavy atom. The molecule has 0 N–H and O–H groups in total. The minimum Gasteiger partial charge on any atom is -0.308 e. The Morgan fingerprint density at radius 1 is 0.472 bits per heavy atom. The van der Waals surface area contributed by atoms with Crippen LogP contribution < -0.4 is 0 Å². The van der Waals surface area contributed by atoms with Gasteiger partial charge in [-0.15, -0.1) is 0 Å². The molecule has 2 heterocycles. The van der Waals surface area contributed by atoms with Crippen molar-refractivity contribution in [2.75, 3.05) is 0 Å². The monoisotopic (exact) mass is 711 g/mol. The number of nitriles is 1. The van der Waals surface area contributed by atoms with Gasteiger partial charge in [0, 0.05) is 27.5 Å². The molecule has 53 heavy (non-hydrogen) atoms. The van der Waals surface area contributed by atoms with E-state index in [2.05, 4.69) is 6.07 Å². The molecule has 0 aliphatic carbocycles. The molecule has 258 valence electrons. The van der Waals surface area contributed by atoms with Crippen LogP contribution in [0.2, 0.25) is 0 Å². The molecule has 0 radical (unpaired) electrons. The maximum absolute atomic E-state index is 14.0. The topological polar surface area (TPSA) is 67.4 Å². The highest BCUT2D eigenvalue weighted by Crippen LogP contribution is 2.42. The lowest BCUT2D eigenvalue weighted by Gasteiger charge is -2.17. The van der Waals surface area contributed by atoms with Gasteiger partial charge >= 0.3 is 12.4 Å². The summed E-state index contributed by atoms with van der Waals surface area (Å²) in [7, 11) is 0. The zero-order valence-corrected chi connectivity index (χ0v) is 27.3. The van der Waals surface area contributed by atoms with Crippen molar-refractivity contribution in [2.45, 2.75) is 12.4 Å². The fourth-order valence-corrected chi connectivity index (χ4v) is 6.39. The number of fused-ring (bicyclic) bond motifs is 3. The second kappa shape index (κ2) is 12.8. The number of hydrogen-bond acceptors (Lipinski definition) is 4. The summed E-state index contributed by atoms with van der Waals surface area (Å²) in [6.45, 7) is 0. The van der Waals surface area contributed by atoms with Gasteiger partial charge in [-0.05, 0) is 71.8 Å². The lowest BCUT2D eigenvalue weighted by Crippen LogP contribution is -2.05. The van der Waals surface area contributed by atoms with Crippen molar-refractivity contribution >= 4 is 21.8 Å². The molecule has 0 atom stereocenters. The van der Waals surface area contributed by atoms with Crippen molar-refractivity contribution in [1.29, 1.82) is 5.26 Å². The summed E-state index contributed by atoms with van der Waals surface area (Å²) in [5.74, 6) is 0.958. The summed E-state index contributed by atoms with van der Waals surface area (Å²) >= 11 is 0. The standard InChI is InChI=1S/C42H23F6N5/c43-41(44,45)30-16-19-35-33(22-30)34-23-31(42(46,47)48)17-20-36(34)53(35)37-21-29(26-13-11-25(24-49)12-14-26)15-18-32(37)40-51-38(27-7-3-1-4-8-27)50-39(52-40)28-9-5-2-6-10-28/h1-23H. The lowest BCUT2D eigenvalue weighted by atomic mass is 10.0. The van der Waals surface area contributed by atoms with Crippen molar-refractivity contribution < 1.29 is 26.3 Å². The van der Waals surface area contributed by atoms with E-state index in [0.717, 1.165) is 29.8 Å². The van der Waals surface area contributed by atoms with E-state index in [0.29, 0.717) is 45.2 Å². The first-order valence-electron chi connectivity index (χ1n) is 16.2. The van der Waals surface area contributed by atoms with Gasteiger partial charge in [0.1, 0.15) is 0 Å². The van der Waals surface area contributed by atoms with Crippen LogP contribution in [0.3, 0.4) is 0 Å². The molecule has 0 bridgehead atoms. The molecule has 5 nitrogen and oxygen atoms in total. The average Bonchev–Trinajstić information content (AvgIpc) is 3.50. The number of hydrogen-bond donors (Lipinski definition) is 0. The van der Waals surface area contributed by atoms with E-state index in [1.807, 2.05) is 66.7 Å². The quantitative estimate of drug-likeness (QED) is 0.167. The fourth-order valence-electron chi connectivity index (χ4n) is 6.39. The maximum atomic E-state index is 14.0. The zero-order chi connectivity index (χ0) is 36.9. The Morgan fingerprint density at radius 2 is 0.943 bits per heavy atom. The van der Waals surface area contributed by atoms with Crippen LogP contribution in [-0.2, 0) is 12.4 Å². The largest absolute Gasteiger partial charge is 0.416 e. The highest BCUT2D eigenvalue weighted by atomic mass is 19.4. The molecule has 2 aromatic heterocycles. The molecule has 0 spiro atoms. The van der Waals surface area contributed by atoms with E-state index in [-0.39, 0.29) is 27.6 Å². The highest BCUT2D eigenvalue weighted by molar-refractivity contribution is 6.10. The summed E-state index contributed by atoms with van der Waals surface area (Å²) in [6.07, 6.45) is -9.48. The van der Waals surface area contributed by atoms with E-state index >= 15 is 0 Å². The third-order valence-electron chi connectivity index (χ3n) is 8.95. The number of rotatable bonds is 5. The SMILES string of the molecule is N#Cc1ccc(-c2ccc(-c3nc(-c4ccccc4)nc(-c4ccccc4)n3)c(-n3c4ccc(C(F)(F)F)cc4c4cc(C(F)(F)F)ccc43)c2)cc1. The van der Waals surface area contributed by atoms with E-state index < -0.39 is 23.5 Å². The molecule has 8 aromatic rings. The highest BCUT2D eigenvalue weighted by Gasteiger charge is 2.33. The molecule has 0 aliphatic heterocycles. The van der Waals surface area contributed by atoms with Gasteiger partial charge in [-0.2, -0.15) is 31.6 Å². The van der Waals surface area contributed by atoms with Crippen molar-refractivity contribution in [2.24, 2.45) is 0 Å². The predicted octanol–water partition coefficient (Wildman–Crippen LogP) is 11.5. The number of benzene rings is 6. The van der Waals surface area contributed by atoms with Gasteiger partial charge in [0.2, 0.25) is 0 Å². The van der Waals surface area contributed by atoms with Crippen LogP contribution in [0.1, 0.15) is 16.7 Å². The van der Waals surface area contributed by atoms with Crippen molar-refractivity contribution in [1.82, 2.24) is 19.5 Å². The average molecular weight is 712 g/mol. The molecule has 0 saturated carbocycles. The number of nitrogens with zero attached hydrogens (tertiary/aromatic N) is 5.